The largest absolute Gasteiger partial charge is 0.397 e. The van der Waals surface area contributed by atoms with Crippen molar-refractivity contribution in [3.8, 4) is 0 Å². The lowest BCUT2D eigenvalue weighted by Crippen LogP contribution is -2.01. The Balaban J connectivity index is 2.66. The van der Waals surface area contributed by atoms with E-state index in [2.05, 4.69) is 4.98 Å². The highest BCUT2D eigenvalue weighted by Gasteiger charge is 2.07. The summed E-state index contributed by atoms with van der Waals surface area (Å²) in [5.74, 6) is 0. The summed E-state index contributed by atoms with van der Waals surface area (Å²) in [4.78, 5) is 16.7. The first-order valence-electron chi connectivity index (χ1n) is 5.84. The van der Waals surface area contributed by atoms with E-state index in [-0.39, 0.29) is 5.43 Å². The van der Waals surface area contributed by atoms with Crippen LogP contribution in [0.4, 0.5) is 5.69 Å². The van der Waals surface area contributed by atoms with Crippen LogP contribution in [0.2, 0.25) is 5.02 Å². The molecule has 0 aliphatic rings. The van der Waals surface area contributed by atoms with Crippen molar-refractivity contribution in [3.05, 3.63) is 57.3 Å². The monoisotopic (exact) mass is 270 g/mol. The lowest BCUT2D eigenvalue weighted by molar-refractivity contribution is 1.41. The van der Waals surface area contributed by atoms with E-state index in [0.717, 1.165) is 16.3 Å². The van der Waals surface area contributed by atoms with Gasteiger partial charge in [0.15, 0.2) is 0 Å². The van der Waals surface area contributed by atoms with Crippen molar-refractivity contribution >= 4 is 39.0 Å². The molecule has 0 aliphatic carbocycles. The molecule has 19 heavy (non-hydrogen) atoms. The third-order valence-electron chi connectivity index (χ3n) is 3.18. The molecule has 1 heterocycles. The zero-order valence-electron chi connectivity index (χ0n) is 10.3. The Kier molecular flexibility index (Phi) is 2.64. The van der Waals surface area contributed by atoms with E-state index >= 15 is 0 Å². The van der Waals surface area contributed by atoms with Crippen molar-refractivity contribution in [2.24, 2.45) is 0 Å². The van der Waals surface area contributed by atoms with Crippen LogP contribution in [0, 0.1) is 6.92 Å². The van der Waals surface area contributed by atoms with Crippen molar-refractivity contribution in [1.29, 1.82) is 0 Å². The summed E-state index contributed by atoms with van der Waals surface area (Å²) in [5.41, 5.74) is 7.56. The predicted molar refractivity (Wildman–Crippen MR) is 79.7 cm³/mol. The van der Waals surface area contributed by atoms with E-state index in [1.54, 1.807) is 24.3 Å². The molecule has 1 aromatic heterocycles. The second-order valence-electron chi connectivity index (χ2n) is 4.55. The molecule has 0 spiro atoms. The number of hydrogen-bond acceptors (Lipinski definition) is 3. The first-order valence-corrected chi connectivity index (χ1v) is 6.22. The molecule has 0 saturated heterocycles. The number of aromatic nitrogens is 1. The summed E-state index contributed by atoms with van der Waals surface area (Å²) < 4.78 is 0. The van der Waals surface area contributed by atoms with Gasteiger partial charge in [0.25, 0.3) is 0 Å². The molecule has 94 valence electrons. The number of hydrogen-bond donors (Lipinski definition) is 1. The number of benzene rings is 1. The number of nitrogens with two attached hydrogens (primary N) is 1. The predicted octanol–water partition coefficient (Wildman–Crippen LogP) is 3.29. The van der Waals surface area contributed by atoms with Crippen LogP contribution in [0.1, 0.15) is 5.56 Å². The zero-order chi connectivity index (χ0) is 13.6. The molecule has 0 fully saturated rings. The number of nitrogen functional groups attached to an aromatic ring is 1. The Bertz CT molecular complexity index is 875. The van der Waals surface area contributed by atoms with Crippen molar-refractivity contribution in [3.63, 3.8) is 0 Å². The maximum atomic E-state index is 12.5. The number of halogens is 1. The first-order chi connectivity index (χ1) is 9.06. The molecule has 0 saturated carbocycles. The highest BCUT2D eigenvalue weighted by Crippen LogP contribution is 2.22. The summed E-state index contributed by atoms with van der Waals surface area (Å²) in [5, 5.41) is 2.82. The smallest absolute Gasteiger partial charge is 0.212 e. The van der Waals surface area contributed by atoms with Crippen molar-refractivity contribution < 1.29 is 0 Å². The minimum atomic E-state index is -0.102. The quantitative estimate of drug-likeness (QED) is 0.682. The van der Waals surface area contributed by atoms with E-state index < -0.39 is 0 Å². The van der Waals surface area contributed by atoms with Gasteiger partial charge in [-0.05, 0) is 48.2 Å². The van der Waals surface area contributed by atoms with Gasteiger partial charge in [0.2, 0.25) is 5.43 Å². The van der Waals surface area contributed by atoms with Crippen LogP contribution in [0.15, 0.2) is 41.3 Å². The number of nitrogens with zero attached hydrogens (tertiary/aromatic N) is 1. The van der Waals surface area contributed by atoms with Crippen LogP contribution in [0.5, 0.6) is 0 Å². The summed E-state index contributed by atoms with van der Waals surface area (Å²) >= 11 is 6.01. The second-order valence-corrected chi connectivity index (χ2v) is 4.99. The molecule has 3 rings (SSSR count). The fraction of sp³-hybridized carbons (Fsp3) is 0.0667. The van der Waals surface area contributed by atoms with Crippen molar-refractivity contribution in [2.75, 3.05) is 5.73 Å². The lowest BCUT2D eigenvalue weighted by Gasteiger charge is -1.96. The summed E-state index contributed by atoms with van der Waals surface area (Å²) in [6.45, 7) is 1.95. The van der Waals surface area contributed by atoms with Gasteiger partial charge in [-0.25, -0.2) is 4.98 Å². The standard InChI is InChI=1S/C15H11ClN2O/c1-8-4-9-5-11(17)7-18-14(9)15(19)12-3-2-10(16)6-13(8)12/h2-7H,17H2,1H3. The molecule has 0 amide bonds. The van der Waals surface area contributed by atoms with E-state index in [9.17, 15) is 4.79 Å². The van der Waals surface area contributed by atoms with Crippen LogP contribution in [-0.2, 0) is 0 Å². The molecule has 3 nitrogen and oxygen atoms in total. The van der Waals surface area contributed by atoms with Gasteiger partial charge in [0.05, 0.1) is 11.9 Å². The molecule has 0 aliphatic heterocycles. The molecule has 0 unspecified atom stereocenters. The van der Waals surface area contributed by atoms with Gasteiger partial charge in [-0.3, -0.25) is 4.79 Å². The minimum Gasteiger partial charge on any atom is -0.397 e. The number of rotatable bonds is 0. The molecule has 0 radical (unpaired) electrons. The molecule has 0 bridgehead atoms. The molecule has 2 N–H and O–H groups in total. The average molecular weight is 271 g/mol. The van der Waals surface area contributed by atoms with Crippen LogP contribution in [0.3, 0.4) is 0 Å². The van der Waals surface area contributed by atoms with Gasteiger partial charge >= 0.3 is 0 Å². The fourth-order valence-corrected chi connectivity index (χ4v) is 2.45. The van der Waals surface area contributed by atoms with Crippen molar-refractivity contribution in [1.82, 2.24) is 4.98 Å². The number of anilines is 1. The van der Waals surface area contributed by atoms with Crippen LogP contribution in [-0.4, -0.2) is 4.98 Å². The van der Waals surface area contributed by atoms with E-state index in [1.165, 1.54) is 6.20 Å². The topological polar surface area (TPSA) is 56.0 Å². The Morgan fingerprint density at radius 1 is 1.16 bits per heavy atom. The van der Waals surface area contributed by atoms with Gasteiger partial charge in [0.1, 0.15) is 5.52 Å². The Labute approximate surface area is 114 Å². The molecule has 3 aromatic rings. The minimum absolute atomic E-state index is 0.102. The molecule has 4 heteroatoms. The zero-order valence-corrected chi connectivity index (χ0v) is 11.0. The third-order valence-corrected chi connectivity index (χ3v) is 3.41. The molecular weight excluding hydrogens is 260 g/mol. The SMILES string of the molecule is Cc1cc2cc(N)cnc2c(=O)c2ccc(Cl)cc12. The maximum absolute atomic E-state index is 12.5. The fourth-order valence-electron chi connectivity index (χ4n) is 2.28. The Morgan fingerprint density at radius 2 is 1.95 bits per heavy atom. The highest BCUT2D eigenvalue weighted by molar-refractivity contribution is 6.31. The van der Waals surface area contributed by atoms with Crippen LogP contribution < -0.4 is 11.2 Å². The van der Waals surface area contributed by atoms with Crippen LogP contribution in [0.25, 0.3) is 21.7 Å². The van der Waals surface area contributed by atoms with E-state index in [0.29, 0.717) is 21.6 Å². The van der Waals surface area contributed by atoms with Crippen molar-refractivity contribution in [2.45, 2.75) is 6.92 Å². The Morgan fingerprint density at radius 3 is 2.74 bits per heavy atom. The lowest BCUT2D eigenvalue weighted by atomic mass is 10.1. The second kappa shape index (κ2) is 4.21. The van der Waals surface area contributed by atoms with Gasteiger partial charge in [-0.2, -0.15) is 0 Å². The van der Waals surface area contributed by atoms with Gasteiger partial charge in [-0.15, -0.1) is 0 Å². The third kappa shape index (κ3) is 1.92. The maximum Gasteiger partial charge on any atom is 0.212 e. The summed E-state index contributed by atoms with van der Waals surface area (Å²) in [7, 11) is 0. The first kappa shape index (κ1) is 11.9. The highest BCUT2D eigenvalue weighted by atomic mass is 35.5. The number of aryl methyl sites for hydroxylation is 1. The number of fused-ring (bicyclic) bond motifs is 2. The molecular formula is C15H11ClN2O. The van der Waals surface area contributed by atoms with Crippen LogP contribution >= 0.6 is 11.6 Å². The number of pyridine rings is 1. The van der Waals surface area contributed by atoms with Gasteiger partial charge in [-0.1, -0.05) is 11.6 Å². The van der Waals surface area contributed by atoms with E-state index in [1.807, 2.05) is 13.0 Å². The summed E-state index contributed by atoms with van der Waals surface area (Å²) in [6.07, 6.45) is 1.50. The normalized spacial score (nSPS) is 11.1. The summed E-state index contributed by atoms with van der Waals surface area (Å²) in [6, 6.07) is 8.93. The Hall–Kier alpha value is -2.13. The average Bonchev–Trinajstić information content (AvgIpc) is 2.46. The molecule has 2 aromatic carbocycles. The van der Waals surface area contributed by atoms with E-state index in [4.69, 9.17) is 17.3 Å². The van der Waals surface area contributed by atoms with Gasteiger partial charge < -0.3 is 5.73 Å². The van der Waals surface area contributed by atoms with Gasteiger partial charge in [0, 0.05) is 15.8 Å². The molecule has 0 atom stereocenters.